The number of hydrogen-bond donors (Lipinski definition) is 1. The monoisotopic (exact) mass is 397 g/mol. The lowest BCUT2D eigenvalue weighted by Gasteiger charge is -2.31. The van der Waals surface area contributed by atoms with Gasteiger partial charge in [0.15, 0.2) is 0 Å². The summed E-state index contributed by atoms with van der Waals surface area (Å²) in [6.45, 7) is 3.27. The van der Waals surface area contributed by atoms with Crippen molar-refractivity contribution >= 4 is 37.2 Å². The molecule has 1 fully saturated rings. The van der Waals surface area contributed by atoms with E-state index in [9.17, 15) is 13.2 Å². The van der Waals surface area contributed by atoms with Gasteiger partial charge in [0.1, 0.15) is 0 Å². The molecule has 2 N–H and O–H groups in total. The normalized spacial score (nSPS) is 15.8. The number of piperidine rings is 1. The molecule has 0 spiro atoms. The zero-order valence-corrected chi connectivity index (χ0v) is 14.7. The van der Waals surface area contributed by atoms with Gasteiger partial charge >= 0.3 is 6.36 Å². The molecule has 0 aromatic carbocycles. The maximum atomic E-state index is 12.2. The van der Waals surface area contributed by atoms with Crippen molar-refractivity contribution in [2.24, 2.45) is 5.73 Å². The van der Waals surface area contributed by atoms with Gasteiger partial charge in [-0.05, 0) is 32.0 Å². The Bertz CT molecular complexity index is 444. The van der Waals surface area contributed by atoms with Crippen molar-refractivity contribution in [3.63, 3.8) is 0 Å². The second kappa shape index (κ2) is 11.1. The zero-order chi connectivity index (χ0) is 14.6. The number of rotatable bonds is 4. The highest BCUT2D eigenvalue weighted by molar-refractivity contribution is 5.86. The molecule has 0 saturated carbocycles. The van der Waals surface area contributed by atoms with Crippen LogP contribution in [0.3, 0.4) is 0 Å². The van der Waals surface area contributed by atoms with E-state index >= 15 is 0 Å². The minimum Gasteiger partial charge on any atom is -0.388 e. The van der Waals surface area contributed by atoms with Crippen LogP contribution in [-0.4, -0.2) is 42.4 Å². The van der Waals surface area contributed by atoms with Gasteiger partial charge in [-0.15, -0.1) is 50.4 Å². The molecular weight excluding hydrogens is 378 g/mol. The van der Waals surface area contributed by atoms with Crippen LogP contribution in [0.1, 0.15) is 24.5 Å². The Morgan fingerprint density at radius 2 is 1.78 bits per heavy atom. The summed E-state index contributed by atoms with van der Waals surface area (Å²) < 4.78 is 40.4. The van der Waals surface area contributed by atoms with Gasteiger partial charge in [-0.2, -0.15) is 0 Å². The highest BCUT2D eigenvalue weighted by Crippen LogP contribution is 2.29. The number of aromatic nitrogens is 1. The van der Waals surface area contributed by atoms with Gasteiger partial charge in [-0.25, -0.2) is 4.98 Å². The summed E-state index contributed by atoms with van der Waals surface area (Å²) >= 11 is 0. The average molecular weight is 399 g/mol. The first-order valence-corrected chi connectivity index (χ1v) is 6.63. The molecule has 0 amide bonds. The highest BCUT2D eigenvalue weighted by atomic mass is 35.5. The standard InChI is InChI=1S/C13H18F3N3O.3ClH/c14-13(15,16)20-12-3-1-2-11(18-12)10-4-7-19(8-5-10)9-6-17;;;/h1-3,10H,4-9,17H2;3*1H. The molecular formula is C13H21Cl3F3N3O. The predicted octanol–water partition coefficient (Wildman–Crippen LogP) is 3.38. The van der Waals surface area contributed by atoms with Crippen molar-refractivity contribution in [2.75, 3.05) is 26.2 Å². The SMILES string of the molecule is Cl.Cl.Cl.NCCN1CCC(c2cccc(OC(F)(F)F)n2)CC1. The van der Waals surface area contributed by atoms with Crippen LogP contribution < -0.4 is 10.5 Å². The Kier molecular flexibility index (Phi) is 12.0. The number of hydrogen-bond acceptors (Lipinski definition) is 4. The maximum absolute atomic E-state index is 12.2. The molecule has 1 aliphatic rings. The first kappa shape index (κ1) is 24.8. The summed E-state index contributed by atoms with van der Waals surface area (Å²) in [5, 5.41) is 0. The number of likely N-dealkylation sites (tertiary alicyclic amines) is 1. The van der Waals surface area contributed by atoms with Crippen molar-refractivity contribution in [3.8, 4) is 5.88 Å². The van der Waals surface area contributed by atoms with Gasteiger partial charge in [0, 0.05) is 30.8 Å². The molecule has 0 atom stereocenters. The van der Waals surface area contributed by atoms with Crippen LogP contribution in [0.25, 0.3) is 0 Å². The van der Waals surface area contributed by atoms with E-state index in [1.54, 1.807) is 12.1 Å². The minimum absolute atomic E-state index is 0. The van der Waals surface area contributed by atoms with Gasteiger partial charge in [0.25, 0.3) is 0 Å². The molecule has 1 aromatic rings. The topological polar surface area (TPSA) is 51.4 Å². The molecule has 0 radical (unpaired) electrons. The van der Waals surface area contributed by atoms with Gasteiger partial charge in [0.05, 0.1) is 0 Å². The van der Waals surface area contributed by atoms with E-state index in [0.717, 1.165) is 32.5 Å². The van der Waals surface area contributed by atoms with Gasteiger partial charge in [-0.3, -0.25) is 0 Å². The van der Waals surface area contributed by atoms with E-state index < -0.39 is 6.36 Å². The summed E-state index contributed by atoms with van der Waals surface area (Å²) in [4.78, 5) is 6.22. The first-order chi connectivity index (χ1) is 9.48. The number of ether oxygens (including phenoxy) is 1. The summed E-state index contributed by atoms with van der Waals surface area (Å²) in [6, 6.07) is 4.53. The van der Waals surface area contributed by atoms with E-state index in [1.165, 1.54) is 6.07 Å². The van der Waals surface area contributed by atoms with E-state index in [-0.39, 0.29) is 49.0 Å². The number of halogens is 6. The van der Waals surface area contributed by atoms with Crippen LogP contribution in [0.5, 0.6) is 5.88 Å². The number of pyridine rings is 1. The second-order valence-electron chi connectivity index (χ2n) is 4.85. The fourth-order valence-electron chi connectivity index (χ4n) is 2.47. The molecule has 2 rings (SSSR count). The molecule has 10 heteroatoms. The summed E-state index contributed by atoms with van der Waals surface area (Å²) in [5.41, 5.74) is 6.17. The largest absolute Gasteiger partial charge is 0.574 e. The Labute approximate surface area is 152 Å². The molecule has 0 bridgehead atoms. The lowest BCUT2D eigenvalue weighted by Crippen LogP contribution is -2.36. The van der Waals surface area contributed by atoms with Crippen molar-refractivity contribution in [3.05, 3.63) is 23.9 Å². The van der Waals surface area contributed by atoms with Gasteiger partial charge < -0.3 is 15.4 Å². The van der Waals surface area contributed by atoms with E-state index in [0.29, 0.717) is 12.2 Å². The molecule has 1 aliphatic heterocycles. The third-order valence-electron chi connectivity index (χ3n) is 3.42. The minimum atomic E-state index is -4.70. The van der Waals surface area contributed by atoms with Crippen LogP contribution in [0.15, 0.2) is 18.2 Å². The Morgan fingerprint density at radius 3 is 2.30 bits per heavy atom. The number of alkyl halides is 3. The molecule has 0 aliphatic carbocycles. The Hall–Kier alpha value is -0.470. The quantitative estimate of drug-likeness (QED) is 0.845. The Balaban J connectivity index is 0. The zero-order valence-electron chi connectivity index (χ0n) is 12.3. The third-order valence-corrected chi connectivity index (χ3v) is 3.42. The van der Waals surface area contributed by atoms with E-state index in [4.69, 9.17) is 5.73 Å². The lowest BCUT2D eigenvalue weighted by atomic mass is 9.93. The van der Waals surface area contributed by atoms with Crippen LogP contribution in [0, 0.1) is 0 Å². The predicted molar refractivity (Wildman–Crippen MR) is 90.1 cm³/mol. The highest BCUT2D eigenvalue weighted by Gasteiger charge is 2.32. The van der Waals surface area contributed by atoms with Crippen molar-refractivity contribution in [1.82, 2.24) is 9.88 Å². The Morgan fingerprint density at radius 1 is 1.17 bits per heavy atom. The summed E-state index contributed by atoms with van der Waals surface area (Å²) in [5.74, 6) is -0.208. The van der Waals surface area contributed by atoms with Crippen LogP contribution in [0.4, 0.5) is 13.2 Å². The van der Waals surface area contributed by atoms with Crippen molar-refractivity contribution in [1.29, 1.82) is 0 Å². The smallest absolute Gasteiger partial charge is 0.388 e. The van der Waals surface area contributed by atoms with Crippen molar-refractivity contribution in [2.45, 2.75) is 25.1 Å². The fourth-order valence-corrected chi connectivity index (χ4v) is 2.47. The third kappa shape index (κ3) is 8.26. The van der Waals surface area contributed by atoms with Gasteiger partial charge in [-0.1, -0.05) is 6.07 Å². The number of nitrogens with zero attached hydrogens (tertiary/aromatic N) is 2. The molecule has 1 aromatic heterocycles. The molecule has 23 heavy (non-hydrogen) atoms. The summed E-state index contributed by atoms with van der Waals surface area (Å²) in [7, 11) is 0. The molecule has 4 nitrogen and oxygen atoms in total. The van der Waals surface area contributed by atoms with E-state index in [2.05, 4.69) is 14.6 Å². The van der Waals surface area contributed by atoms with Crippen LogP contribution in [0.2, 0.25) is 0 Å². The molecule has 0 unspecified atom stereocenters. The first-order valence-electron chi connectivity index (χ1n) is 6.63. The molecule has 1 saturated heterocycles. The van der Waals surface area contributed by atoms with Crippen molar-refractivity contribution < 1.29 is 17.9 Å². The van der Waals surface area contributed by atoms with Crippen LogP contribution >= 0.6 is 37.2 Å². The fraction of sp³-hybridized carbons (Fsp3) is 0.615. The van der Waals surface area contributed by atoms with Crippen LogP contribution in [-0.2, 0) is 0 Å². The second-order valence-corrected chi connectivity index (χ2v) is 4.85. The number of nitrogens with two attached hydrogens (primary N) is 1. The average Bonchev–Trinajstić information content (AvgIpc) is 2.38. The maximum Gasteiger partial charge on any atom is 0.574 e. The summed E-state index contributed by atoms with van der Waals surface area (Å²) in [6.07, 6.45) is -2.94. The van der Waals surface area contributed by atoms with E-state index in [1.807, 2.05) is 0 Å². The van der Waals surface area contributed by atoms with Gasteiger partial charge in [0.2, 0.25) is 5.88 Å². The molecule has 2 heterocycles. The molecule has 136 valence electrons. The lowest BCUT2D eigenvalue weighted by molar-refractivity contribution is -0.276.